The van der Waals surface area contributed by atoms with Gasteiger partial charge in [-0.15, -0.1) is 0 Å². The summed E-state index contributed by atoms with van der Waals surface area (Å²) in [6.07, 6.45) is 2.63. The first-order chi connectivity index (χ1) is 29.7. The van der Waals surface area contributed by atoms with Crippen LogP contribution >= 0.6 is 0 Å². The first kappa shape index (κ1) is 42.5. The monoisotopic (exact) mass is 819 g/mol. The Morgan fingerprint density at radius 1 is 0.803 bits per heavy atom. The normalized spacial score (nSPS) is 14.7. The van der Waals surface area contributed by atoms with Crippen molar-refractivity contribution in [3.63, 3.8) is 0 Å². The highest BCUT2D eigenvalue weighted by molar-refractivity contribution is 5.89. The standard InChI is InChI=1S/C49H53N7O5/c1-3-35(2)46(56-29-28-54(49(56)60)32-40-25-27-51-43-20-11-10-18-41(40)43)47(58)52-44(30-36-14-6-4-7-15-36)45(57)33-55(53-48(59)61-34-38-16-8-5-9-17-38)31-37-21-23-39(24-22-37)42-19-12-13-26-50-42/h4-27,35,44-46,57H,3,28-34H2,1-2H3,(H,52,58)(H,53,59). The Labute approximate surface area is 357 Å². The van der Waals surface area contributed by atoms with E-state index >= 15 is 0 Å². The predicted octanol–water partition coefficient (Wildman–Crippen LogP) is 7.38. The molecule has 1 aliphatic heterocycles. The van der Waals surface area contributed by atoms with Crippen molar-refractivity contribution < 1.29 is 24.2 Å². The van der Waals surface area contributed by atoms with Gasteiger partial charge in [0.2, 0.25) is 5.91 Å². The van der Waals surface area contributed by atoms with E-state index in [1.807, 2.05) is 147 Å². The second-order valence-corrected chi connectivity index (χ2v) is 15.6. The number of carbonyl (C=O) groups is 3. The summed E-state index contributed by atoms with van der Waals surface area (Å²) in [5.74, 6) is -0.516. The molecule has 3 heterocycles. The van der Waals surface area contributed by atoms with Crippen LogP contribution in [0.3, 0.4) is 0 Å². The van der Waals surface area contributed by atoms with E-state index in [9.17, 15) is 19.5 Å². The third-order valence-corrected chi connectivity index (χ3v) is 11.3. The van der Waals surface area contributed by atoms with E-state index < -0.39 is 24.3 Å². The lowest BCUT2D eigenvalue weighted by Gasteiger charge is -2.35. The number of hydrogen-bond acceptors (Lipinski definition) is 8. The molecule has 0 spiro atoms. The topological polar surface area (TPSA) is 140 Å². The Bertz CT molecular complexity index is 2350. The van der Waals surface area contributed by atoms with Crippen molar-refractivity contribution >= 4 is 28.9 Å². The van der Waals surface area contributed by atoms with Crippen molar-refractivity contribution in [3.8, 4) is 11.3 Å². The average molecular weight is 820 g/mol. The number of amides is 4. The Balaban J connectivity index is 1.09. The van der Waals surface area contributed by atoms with E-state index in [4.69, 9.17) is 4.74 Å². The second-order valence-electron chi connectivity index (χ2n) is 15.6. The molecule has 314 valence electrons. The van der Waals surface area contributed by atoms with Crippen molar-refractivity contribution in [2.24, 2.45) is 5.92 Å². The lowest BCUT2D eigenvalue weighted by atomic mass is 9.95. The molecule has 0 radical (unpaired) electrons. The maximum Gasteiger partial charge on any atom is 0.422 e. The molecule has 12 nitrogen and oxygen atoms in total. The van der Waals surface area contributed by atoms with Crippen molar-refractivity contribution in [1.29, 1.82) is 0 Å². The number of para-hydroxylation sites is 1. The van der Waals surface area contributed by atoms with Crippen LogP contribution in [0.2, 0.25) is 0 Å². The number of ether oxygens (including phenoxy) is 1. The molecule has 1 saturated heterocycles. The van der Waals surface area contributed by atoms with Gasteiger partial charge in [0.25, 0.3) is 0 Å². The number of benzene rings is 4. The highest BCUT2D eigenvalue weighted by Crippen LogP contribution is 2.25. The molecule has 0 bridgehead atoms. The van der Waals surface area contributed by atoms with Crippen LogP contribution in [0.1, 0.15) is 42.5 Å². The number of urea groups is 1. The van der Waals surface area contributed by atoms with Gasteiger partial charge in [-0.05, 0) is 58.9 Å². The third-order valence-electron chi connectivity index (χ3n) is 11.3. The molecule has 1 fully saturated rings. The lowest BCUT2D eigenvalue weighted by Crippen LogP contribution is -2.58. The smallest absolute Gasteiger partial charge is 0.422 e. The van der Waals surface area contributed by atoms with Crippen LogP contribution in [0.5, 0.6) is 0 Å². The number of aromatic nitrogens is 2. The Morgan fingerprint density at radius 3 is 2.23 bits per heavy atom. The van der Waals surface area contributed by atoms with Gasteiger partial charge >= 0.3 is 12.1 Å². The molecule has 61 heavy (non-hydrogen) atoms. The number of rotatable bonds is 18. The van der Waals surface area contributed by atoms with Crippen LogP contribution in [-0.4, -0.2) is 85.7 Å². The van der Waals surface area contributed by atoms with Crippen molar-refractivity contribution in [1.82, 2.24) is 35.5 Å². The predicted molar refractivity (Wildman–Crippen MR) is 235 cm³/mol. The number of nitrogens with zero attached hydrogens (tertiary/aromatic N) is 5. The second kappa shape index (κ2) is 20.6. The zero-order chi connectivity index (χ0) is 42.6. The molecule has 1 aliphatic rings. The first-order valence-electron chi connectivity index (χ1n) is 20.9. The number of hydrazine groups is 1. The molecule has 4 atom stereocenters. The molecule has 0 saturated carbocycles. The first-order valence-corrected chi connectivity index (χ1v) is 20.9. The van der Waals surface area contributed by atoms with Gasteiger partial charge in [0.05, 0.1) is 23.4 Å². The molecule has 0 aliphatic carbocycles. The fraction of sp³-hybridized carbons (Fsp3) is 0.286. The SMILES string of the molecule is CCC(C)C(C(=O)NC(Cc1ccccc1)C(O)CN(Cc1ccc(-c2ccccn2)cc1)NC(=O)OCc1ccccc1)N1CCN(Cc2ccnc3ccccc23)C1=O. The Morgan fingerprint density at radius 2 is 1.51 bits per heavy atom. The van der Waals surface area contributed by atoms with Gasteiger partial charge in [-0.3, -0.25) is 20.2 Å². The maximum absolute atomic E-state index is 14.6. The molecule has 12 heteroatoms. The summed E-state index contributed by atoms with van der Waals surface area (Å²) >= 11 is 0. The number of hydrogen-bond donors (Lipinski definition) is 3. The summed E-state index contributed by atoms with van der Waals surface area (Å²) in [5, 5.41) is 17.9. The van der Waals surface area contributed by atoms with Gasteiger partial charge in [-0.2, -0.15) is 0 Å². The highest BCUT2D eigenvalue weighted by Gasteiger charge is 2.41. The largest absolute Gasteiger partial charge is 0.444 e. The fourth-order valence-corrected chi connectivity index (χ4v) is 7.78. The Hall–Kier alpha value is -6.63. The van der Waals surface area contributed by atoms with Crippen LogP contribution in [0.4, 0.5) is 9.59 Å². The lowest BCUT2D eigenvalue weighted by molar-refractivity contribution is -0.128. The van der Waals surface area contributed by atoms with E-state index in [0.717, 1.165) is 44.4 Å². The summed E-state index contributed by atoms with van der Waals surface area (Å²) in [4.78, 5) is 54.4. The number of aliphatic hydroxyl groups excluding tert-OH is 1. The molecular weight excluding hydrogens is 767 g/mol. The zero-order valence-corrected chi connectivity index (χ0v) is 34.6. The molecule has 4 amide bonds. The Kier molecular flexibility index (Phi) is 14.3. The number of fused-ring (bicyclic) bond motifs is 1. The third kappa shape index (κ3) is 11.2. The van der Waals surface area contributed by atoms with E-state index in [-0.39, 0.29) is 37.6 Å². The number of aliphatic hydroxyl groups is 1. The van der Waals surface area contributed by atoms with Crippen LogP contribution < -0.4 is 10.7 Å². The quantitative estimate of drug-likeness (QED) is 0.0764. The van der Waals surface area contributed by atoms with Crippen molar-refractivity contribution in [2.75, 3.05) is 19.6 Å². The van der Waals surface area contributed by atoms with Crippen LogP contribution in [0.15, 0.2) is 146 Å². The molecule has 6 aromatic rings. The number of nitrogens with one attached hydrogen (secondary N) is 2. The van der Waals surface area contributed by atoms with E-state index in [2.05, 4.69) is 20.7 Å². The minimum absolute atomic E-state index is 0.0511. The van der Waals surface area contributed by atoms with Gasteiger partial charge in [0.1, 0.15) is 12.6 Å². The molecule has 2 aromatic heterocycles. The zero-order valence-electron chi connectivity index (χ0n) is 34.6. The van der Waals surface area contributed by atoms with Gasteiger partial charge < -0.3 is 25.0 Å². The van der Waals surface area contributed by atoms with Crippen molar-refractivity contribution in [3.05, 3.63) is 168 Å². The average Bonchev–Trinajstić information content (AvgIpc) is 3.64. The summed E-state index contributed by atoms with van der Waals surface area (Å²) < 4.78 is 5.58. The molecular formula is C49H53N7O5. The van der Waals surface area contributed by atoms with Gasteiger partial charge in [0.15, 0.2) is 0 Å². The van der Waals surface area contributed by atoms with Crippen LogP contribution in [0, 0.1) is 5.92 Å². The van der Waals surface area contributed by atoms with E-state index in [0.29, 0.717) is 32.5 Å². The fourth-order valence-electron chi connectivity index (χ4n) is 7.78. The summed E-state index contributed by atoms with van der Waals surface area (Å²) in [7, 11) is 0. The van der Waals surface area contributed by atoms with Crippen LogP contribution in [-0.2, 0) is 35.6 Å². The summed E-state index contributed by atoms with van der Waals surface area (Å²) in [6, 6.07) is 40.6. The van der Waals surface area contributed by atoms with E-state index in [1.165, 1.54) is 0 Å². The molecule has 3 N–H and O–H groups in total. The summed E-state index contributed by atoms with van der Waals surface area (Å²) in [6.45, 7) is 5.48. The molecule has 7 rings (SSSR count). The molecule has 4 aromatic carbocycles. The molecule has 4 unspecified atom stereocenters. The van der Waals surface area contributed by atoms with E-state index in [1.54, 1.807) is 27.2 Å². The maximum atomic E-state index is 14.6. The van der Waals surface area contributed by atoms with Crippen molar-refractivity contribution in [2.45, 2.75) is 64.6 Å². The van der Waals surface area contributed by atoms with Gasteiger partial charge in [-0.1, -0.05) is 129 Å². The van der Waals surface area contributed by atoms with Gasteiger partial charge in [-0.25, -0.2) is 14.6 Å². The minimum Gasteiger partial charge on any atom is -0.444 e. The summed E-state index contributed by atoms with van der Waals surface area (Å²) in [5.41, 5.74) is 9.09. The number of carbonyl (C=O) groups excluding carboxylic acids is 3. The number of pyridine rings is 2. The van der Waals surface area contributed by atoms with Crippen LogP contribution in [0.25, 0.3) is 22.2 Å². The minimum atomic E-state index is -1.16. The van der Waals surface area contributed by atoms with Gasteiger partial charge in [0, 0.05) is 56.1 Å². The highest BCUT2D eigenvalue weighted by atomic mass is 16.6.